The van der Waals surface area contributed by atoms with Crippen LogP contribution in [0.5, 0.6) is 0 Å². The minimum atomic E-state index is -0.659. The zero-order valence-corrected chi connectivity index (χ0v) is 11.6. The van der Waals surface area contributed by atoms with E-state index in [2.05, 4.69) is 50.4 Å². The minimum Gasteiger partial charge on any atom is -0.394 e. The van der Waals surface area contributed by atoms with Crippen LogP contribution in [0.15, 0.2) is 24.3 Å². The standard InChI is InChI=1S/C15H25NO2/c1-15(2,3)13-6-4-12(5-7-13)8-9-16-10-14(18)11-17/h4-7,14,16-18H,8-11H2,1-3H3. The summed E-state index contributed by atoms with van der Waals surface area (Å²) >= 11 is 0. The normalized spacial score (nSPS) is 13.6. The number of rotatable bonds is 6. The Hall–Kier alpha value is -0.900. The van der Waals surface area contributed by atoms with Crippen LogP contribution in [0.3, 0.4) is 0 Å². The van der Waals surface area contributed by atoms with Gasteiger partial charge in [0.15, 0.2) is 0 Å². The average molecular weight is 251 g/mol. The van der Waals surface area contributed by atoms with E-state index in [-0.39, 0.29) is 12.0 Å². The van der Waals surface area contributed by atoms with E-state index in [1.54, 1.807) is 0 Å². The Morgan fingerprint density at radius 3 is 2.28 bits per heavy atom. The molecule has 1 unspecified atom stereocenters. The second-order valence-electron chi connectivity index (χ2n) is 5.74. The van der Waals surface area contributed by atoms with Gasteiger partial charge < -0.3 is 15.5 Å². The molecule has 18 heavy (non-hydrogen) atoms. The van der Waals surface area contributed by atoms with Crippen molar-refractivity contribution in [3.05, 3.63) is 35.4 Å². The van der Waals surface area contributed by atoms with E-state index in [1.807, 2.05) is 0 Å². The van der Waals surface area contributed by atoms with Crippen molar-refractivity contribution >= 4 is 0 Å². The first-order valence-corrected chi connectivity index (χ1v) is 6.52. The molecule has 0 radical (unpaired) electrons. The first kappa shape index (κ1) is 15.2. The third-order valence-electron chi connectivity index (χ3n) is 3.00. The van der Waals surface area contributed by atoms with Crippen molar-refractivity contribution in [1.82, 2.24) is 5.32 Å². The lowest BCUT2D eigenvalue weighted by Crippen LogP contribution is -2.30. The van der Waals surface area contributed by atoms with E-state index < -0.39 is 6.10 Å². The highest BCUT2D eigenvalue weighted by molar-refractivity contribution is 5.27. The van der Waals surface area contributed by atoms with Gasteiger partial charge in [-0.15, -0.1) is 0 Å². The summed E-state index contributed by atoms with van der Waals surface area (Å²) in [5.74, 6) is 0. The number of benzene rings is 1. The molecule has 0 aliphatic heterocycles. The quantitative estimate of drug-likeness (QED) is 0.671. The van der Waals surface area contributed by atoms with Gasteiger partial charge in [-0.05, 0) is 29.5 Å². The molecule has 3 heteroatoms. The van der Waals surface area contributed by atoms with Gasteiger partial charge in [-0.25, -0.2) is 0 Å². The summed E-state index contributed by atoms with van der Waals surface area (Å²) in [4.78, 5) is 0. The van der Waals surface area contributed by atoms with Crippen molar-refractivity contribution in [1.29, 1.82) is 0 Å². The fourth-order valence-electron chi connectivity index (χ4n) is 1.74. The monoisotopic (exact) mass is 251 g/mol. The molecule has 102 valence electrons. The first-order valence-electron chi connectivity index (χ1n) is 6.52. The number of aliphatic hydroxyl groups is 2. The highest BCUT2D eigenvalue weighted by Gasteiger charge is 2.12. The summed E-state index contributed by atoms with van der Waals surface area (Å²) < 4.78 is 0. The fraction of sp³-hybridized carbons (Fsp3) is 0.600. The van der Waals surface area contributed by atoms with Crippen LogP contribution in [0, 0.1) is 0 Å². The Kier molecular flexibility index (Phi) is 5.79. The van der Waals surface area contributed by atoms with E-state index in [0.29, 0.717) is 6.54 Å². The first-order chi connectivity index (χ1) is 8.43. The Labute approximate surface area is 110 Å². The van der Waals surface area contributed by atoms with E-state index >= 15 is 0 Å². The summed E-state index contributed by atoms with van der Waals surface area (Å²) in [6.45, 7) is 7.69. The van der Waals surface area contributed by atoms with Gasteiger partial charge >= 0.3 is 0 Å². The highest BCUT2D eigenvalue weighted by Crippen LogP contribution is 2.22. The van der Waals surface area contributed by atoms with Crippen LogP contribution in [0.1, 0.15) is 31.9 Å². The van der Waals surface area contributed by atoms with E-state index in [4.69, 9.17) is 10.2 Å². The minimum absolute atomic E-state index is 0.187. The third-order valence-corrected chi connectivity index (χ3v) is 3.00. The maximum absolute atomic E-state index is 9.17. The summed E-state index contributed by atoms with van der Waals surface area (Å²) in [6, 6.07) is 8.67. The van der Waals surface area contributed by atoms with Gasteiger partial charge in [0, 0.05) is 6.54 Å². The molecule has 0 aromatic heterocycles. The lowest BCUT2D eigenvalue weighted by Gasteiger charge is -2.19. The van der Waals surface area contributed by atoms with Crippen molar-refractivity contribution < 1.29 is 10.2 Å². The van der Waals surface area contributed by atoms with Gasteiger partial charge in [-0.3, -0.25) is 0 Å². The fourth-order valence-corrected chi connectivity index (χ4v) is 1.74. The Balaban J connectivity index is 2.36. The molecule has 0 spiro atoms. The zero-order chi connectivity index (χ0) is 13.6. The van der Waals surface area contributed by atoms with Gasteiger partial charge in [0.05, 0.1) is 12.7 Å². The molecule has 1 rings (SSSR count). The molecule has 0 saturated carbocycles. The van der Waals surface area contributed by atoms with Crippen LogP contribution in [-0.4, -0.2) is 36.0 Å². The second-order valence-corrected chi connectivity index (χ2v) is 5.74. The average Bonchev–Trinajstić information content (AvgIpc) is 2.33. The SMILES string of the molecule is CC(C)(C)c1ccc(CCNCC(O)CO)cc1. The molecule has 0 bridgehead atoms. The van der Waals surface area contributed by atoms with Crippen LogP contribution in [0.2, 0.25) is 0 Å². The van der Waals surface area contributed by atoms with Crippen LogP contribution >= 0.6 is 0 Å². The number of hydrogen-bond acceptors (Lipinski definition) is 3. The summed E-state index contributed by atoms with van der Waals surface area (Å²) in [5.41, 5.74) is 2.83. The predicted molar refractivity (Wildman–Crippen MR) is 74.8 cm³/mol. The molecule has 3 N–H and O–H groups in total. The summed E-state index contributed by atoms with van der Waals surface area (Å²) in [5, 5.41) is 21.0. The summed E-state index contributed by atoms with van der Waals surface area (Å²) in [6.07, 6.45) is 0.274. The highest BCUT2D eigenvalue weighted by atomic mass is 16.3. The third kappa shape index (κ3) is 5.17. The van der Waals surface area contributed by atoms with Crippen LogP contribution in [-0.2, 0) is 11.8 Å². The second kappa shape index (κ2) is 6.88. The van der Waals surface area contributed by atoms with Crippen molar-refractivity contribution in [2.45, 2.75) is 38.7 Å². The molecule has 0 aliphatic rings. The Bertz CT molecular complexity index is 341. The molecule has 1 atom stereocenters. The van der Waals surface area contributed by atoms with E-state index in [9.17, 15) is 0 Å². The largest absolute Gasteiger partial charge is 0.394 e. The van der Waals surface area contributed by atoms with Crippen molar-refractivity contribution in [3.8, 4) is 0 Å². The number of aliphatic hydroxyl groups excluding tert-OH is 2. The smallest absolute Gasteiger partial charge is 0.0894 e. The van der Waals surface area contributed by atoms with Crippen LogP contribution in [0.4, 0.5) is 0 Å². The van der Waals surface area contributed by atoms with Gasteiger partial charge in [-0.1, -0.05) is 45.0 Å². The lowest BCUT2D eigenvalue weighted by atomic mass is 9.86. The van der Waals surface area contributed by atoms with E-state index in [0.717, 1.165) is 13.0 Å². The molecule has 0 amide bonds. The molecule has 0 heterocycles. The molecule has 1 aromatic carbocycles. The maximum atomic E-state index is 9.17. The van der Waals surface area contributed by atoms with Crippen LogP contribution < -0.4 is 5.32 Å². The molecule has 3 nitrogen and oxygen atoms in total. The van der Waals surface area contributed by atoms with Gasteiger partial charge in [0.25, 0.3) is 0 Å². The Morgan fingerprint density at radius 2 is 1.78 bits per heavy atom. The topological polar surface area (TPSA) is 52.5 Å². The van der Waals surface area contributed by atoms with Gasteiger partial charge in [-0.2, -0.15) is 0 Å². The number of nitrogens with one attached hydrogen (secondary N) is 1. The van der Waals surface area contributed by atoms with Crippen molar-refractivity contribution in [2.75, 3.05) is 19.7 Å². The lowest BCUT2D eigenvalue weighted by molar-refractivity contribution is 0.0947. The van der Waals surface area contributed by atoms with E-state index in [1.165, 1.54) is 11.1 Å². The molecule has 1 aromatic rings. The summed E-state index contributed by atoms with van der Waals surface area (Å²) in [7, 11) is 0. The molecule has 0 aliphatic carbocycles. The van der Waals surface area contributed by atoms with Crippen molar-refractivity contribution in [2.24, 2.45) is 0 Å². The molecule has 0 saturated heterocycles. The van der Waals surface area contributed by atoms with Gasteiger partial charge in [0.2, 0.25) is 0 Å². The maximum Gasteiger partial charge on any atom is 0.0894 e. The molecular formula is C15H25NO2. The predicted octanol–water partition coefficient (Wildman–Crippen LogP) is 1.47. The molecule has 0 fully saturated rings. The van der Waals surface area contributed by atoms with Crippen molar-refractivity contribution in [3.63, 3.8) is 0 Å². The molecular weight excluding hydrogens is 226 g/mol. The number of hydrogen-bond donors (Lipinski definition) is 3. The Morgan fingerprint density at radius 1 is 1.17 bits per heavy atom. The van der Waals surface area contributed by atoms with Gasteiger partial charge in [0.1, 0.15) is 0 Å². The van der Waals surface area contributed by atoms with Crippen LogP contribution in [0.25, 0.3) is 0 Å². The zero-order valence-electron chi connectivity index (χ0n) is 11.6.